The highest BCUT2D eigenvalue weighted by atomic mass is 16.5. The molecule has 4 heteroatoms. The first-order chi connectivity index (χ1) is 8.60. The van der Waals surface area contributed by atoms with Crippen LogP contribution in [0.2, 0.25) is 0 Å². The van der Waals surface area contributed by atoms with E-state index in [-0.39, 0.29) is 6.04 Å². The van der Waals surface area contributed by atoms with Crippen molar-refractivity contribution < 1.29 is 9.94 Å². The molecule has 1 rings (SSSR count). The third kappa shape index (κ3) is 3.65. The lowest BCUT2D eigenvalue weighted by molar-refractivity contribution is 0.299. The van der Waals surface area contributed by atoms with Gasteiger partial charge < -0.3 is 14.8 Å². The molecule has 0 fully saturated rings. The minimum Gasteiger partial charge on any atom is -0.494 e. The Kier molecular flexibility index (Phi) is 5.49. The van der Waals surface area contributed by atoms with Crippen LogP contribution in [0.3, 0.4) is 0 Å². The molecule has 0 amide bonds. The average molecular weight is 250 g/mol. The largest absolute Gasteiger partial charge is 0.494 e. The summed E-state index contributed by atoms with van der Waals surface area (Å²) in [5.74, 6) is 1.40. The molecule has 0 aliphatic rings. The molecule has 0 radical (unpaired) electrons. The van der Waals surface area contributed by atoms with Crippen molar-refractivity contribution in [1.82, 2.24) is 4.90 Å². The zero-order valence-corrected chi connectivity index (χ0v) is 11.6. The lowest BCUT2D eigenvalue weighted by Crippen LogP contribution is -2.33. The molecule has 0 heterocycles. The van der Waals surface area contributed by atoms with E-state index < -0.39 is 0 Å². The van der Waals surface area contributed by atoms with Gasteiger partial charge in [0.2, 0.25) is 0 Å². The molecule has 1 N–H and O–H groups in total. The summed E-state index contributed by atoms with van der Waals surface area (Å²) in [6, 6.07) is 7.86. The SMILES string of the molecule is CCCOc1ccc(/C(=N\O)N(C)C(C)C)cc1. The third-order valence-electron chi connectivity index (χ3n) is 2.79. The minimum atomic E-state index is 0.270. The number of amidine groups is 1. The van der Waals surface area contributed by atoms with Gasteiger partial charge in [-0.3, -0.25) is 0 Å². The Bertz CT molecular complexity index is 385. The van der Waals surface area contributed by atoms with Crippen molar-refractivity contribution in [3.05, 3.63) is 29.8 Å². The van der Waals surface area contributed by atoms with Crippen LogP contribution in [0.15, 0.2) is 29.4 Å². The summed E-state index contributed by atoms with van der Waals surface area (Å²) in [5, 5.41) is 12.5. The van der Waals surface area contributed by atoms with Crippen LogP contribution in [-0.2, 0) is 0 Å². The summed E-state index contributed by atoms with van der Waals surface area (Å²) in [4.78, 5) is 1.92. The second-order valence-electron chi connectivity index (χ2n) is 4.50. The maximum absolute atomic E-state index is 9.12. The van der Waals surface area contributed by atoms with Gasteiger partial charge in [-0.25, -0.2) is 0 Å². The van der Waals surface area contributed by atoms with Crippen LogP contribution in [0.5, 0.6) is 5.75 Å². The number of benzene rings is 1. The van der Waals surface area contributed by atoms with E-state index in [0.717, 1.165) is 17.7 Å². The Labute approximate surface area is 109 Å². The van der Waals surface area contributed by atoms with Crippen LogP contribution in [0, 0.1) is 0 Å². The van der Waals surface area contributed by atoms with Crippen LogP contribution < -0.4 is 4.74 Å². The zero-order valence-electron chi connectivity index (χ0n) is 11.6. The number of ether oxygens (including phenoxy) is 1. The van der Waals surface area contributed by atoms with Crippen LogP contribution in [-0.4, -0.2) is 35.6 Å². The van der Waals surface area contributed by atoms with Crippen LogP contribution in [0.25, 0.3) is 0 Å². The lowest BCUT2D eigenvalue weighted by Gasteiger charge is -2.24. The number of rotatable bonds is 5. The number of hydrogen-bond acceptors (Lipinski definition) is 3. The number of hydrogen-bond donors (Lipinski definition) is 1. The fourth-order valence-electron chi connectivity index (χ4n) is 1.50. The van der Waals surface area contributed by atoms with Gasteiger partial charge in [0.05, 0.1) is 6.61 Å². The Morgan fingerprint density at radius 1 is 1.33 bits per heavy atom. The molecule has 4 nitrogen and oxygen atoms in total. The predicted molar refractivity (Wildman–Crippen MR) is 73.5 cm³/mol. The third-order valence-corrected chi connectivity index (χ3v) is 2.79. The minimum absolute atomic E-state index is 0.270. The van der Waals surface area contributed by atoms with Gasteiger partial charge in [-0.15, -0.1) is 0 Å². The molecule has 0 atom stereocenters. The second-order valence-corrected chi connectivity index (χ2v) is 4.50. The van der Waals surface area contributed by atoms with Crippen LogP contribution in [0.1, 0.15) is 32.8 Å². The highest BCUT2D eigenvalue weighted by Gasteiger charge is 2.13. The zero-order chi connectivity index (χ0) is 13.5. The fourth-order valence-corrected chi connectivity index (χ4v) is 1.50. The molecule has 100 valence electrons. The standard InChI is InChI=1S/C14H22N2O2/c1-5-10-18-13-8-6-12(7-9-13)14(15-17)16(4)11(2)3/h6-9,11,17H,5,10H2,1-4H3/b15-14+. The van der Waals surface area contributed by atoms with Gasteiger partial charge >= 0.3 is 0 Å². The van der Waals surface area contributed by atoms with E-state index in [4.69, 9.17) is 9.94 Å². The number of oxime groups is 1. The maximum Gasteiger partial charge on any atom is 0.175 e. The van der Waals surface area contributed by atoms with Crippen molar-refractivity contribution >= 4 is 5.84 Å². The monoisotopic (exact) mass is 250 g/mol. The van der Waals surface area contributed by atoms with Crippen molar-refractivity contribution in [2.45, 2.75) is 33.2 Å². The summed E-state index contributed by atoms with van der Waals surface area (Å²) in [6.07, 6.45) is 0.987. The molecule has 0 bridgehead atoms. The fraction of sp³-hybridized carbons (Fsp3) is 0.500. The van der Waals surface area contributed by atoms with Crippen molar-refractivity contribution in [3.63, 3.8) is 0 Å². The lowest BCUT2D eigenvalue weighted by atomic mass is 10.1. The van der Waals surface area contributed by atoms with E-state index in [9.17, 15) is 0 Å². The van der Waals surface area contributed by atoms with Gasteiger partial charge in [0.1, 0.15) is 5.75 Å². The van der Waals surface area contributed by atoms with E-state index in [2.05, 4.69) is 12.1 Å². The maximum atomic E-state index is 9.12. The molecule has 1 aromatic rings. The van der Waals surface area contributed by atoms with Gasteiger partial charge in [0.25, 0.3) is 0 Å². The van der Waals surface area contributed by atoms with Crippen molar-refractivity contribution in [2.24, 2.45) is 5.16 Å². The van der Waals surface area contributed by atoms with Crippen LogP contribution >= 0.6 is 0 Å². The van der Waals surface area contributed by atoms with Gasteiger partial charge in [-0.05, 0) is 44.5 Å². The highest BCUT2D eigenvalue weighted by molar-refractivity contribution is 5.98. The summed E-state index contributed by atoms with van der Waals surface area (Å²) in [6.45, 7) is 6.88. The first kappa shape index (κ1) is 14.4. The van der Waals surface area contributed by atoms with Crippen molar-refractivity contribution in [2.75, 3.05) is 13.7 Å². The molecule has 0 aromatic heterocycles. The van der Waals surface area contributed by atoms with Gasteiger partial charge in [0.15, 0.2) is 5.84 Å². The van der Waals surface area contributed by atoms with Gasteiger partial charge in [-0.2, -0.15) is 0 Å². The van der Waals surface area contributed by atoms with Gasteiger partial charge in [-0.1, -0.05) is 12.1 Å². The van der Waals surface area contributed by atoms with Crippen LogP contribution in [0.4, 0.5) is 0 Å². The first-order valence-corrected chi connectivity index (χ1v) is 6.28. The summed E-state index contributed by atoms with van der Waals surface area (Å²) < 4.78 is 5.52. The molecular weight excluding hydrogens is 228 g/mol. The van der Waals surface area contributed by atoms with Gasteiger partial charge in [0, 0.05) is 18.7 Å². The second kappa shape index (κ2) is 6.89. The Morgan fingerprint density at radius 3 is 2.39 bits per heavy atom. The van der Waals surface area contributed by atoms with Crippen molar-refractivity contribution in [3.8, 4) is 5.75 Å². The topological polar surface area (TPSA) is 45.1 Å². The van der Waals surface area contributed by atoms with E-state index in [1.807, 2.05) is 50.1 Å². The molecule has 1 aromatic carbocycles. The van der Waals surface area contributed by atoms with Crippen molar-refractivity contribution in [1.29, 1.82) is 0 Å². The Hall–Kier alpha value is -1.71. The smallest absolute Gasteiger partial charge is 0.175 e. The van der Waals surface area contributed by atoms with E-state index >= 15 is 0 Å². The molecular formula is C14H22N2O2. The molecule has 0 saturated heterocycles. The molecule has 0 saturated carbocycles. The predicted octanol–water partition coefficient (Wildman–Crippen LogP) is 2.95. The summed E-state index contributed by atoms with van der Waals surface area (Å²) in [7, 11) is 1.90. The summed E-state index contributed by atoms with van der Waals surface area (Å²) in [5.41, 5.74) is 0.873. The normalized spacial score (nSPS) is 11.7. The first-order valence-electron chi connectivity index (χ1n) is 6.28. The molecule has 0 unspecified atom stereocenters. The van der Waals surface area contributed by atoms with E-state index in [0.29, 0.717) is 12.4 Å². The Balaban J connectivity index is 2.83. The van der Waals surface area contributed by atoms with E-state index in [1.54, 1.807) is 0 Å². The number of nitrogens with zero attached hydrogens (tertiary/aromatic N) is 2. The molecule has 0 aliphatic carbocycles. The molecule has 0 aliphatic heterocycles. The van der Waals surface area contributed by atoms with E-state index in [1.165, 1.54) is 0 Å². The Morgan fingerprint density at radius 2 is 1.94 bits per heavy atom. The summed E-state index contributed by atoms with van der Waals surface area (Å²) >= 11 is 0. The molecule has 0 spiro atoms. The average Bonchev–Trinajstić information content (AvgIpc) is 2.38. The quantitative estimate of drug-likeness (QED) is 0.378. The molecule has 18 heavy (non-hydrogen) atoms. The highest BCUT2D eigenvalue weighted by Crippen LogP contribution is 2.15.